The van der Waals surface area contributed by atoms with E-state index in [2.05, 4.69) is 6.92 Å². The van der Waals surface area contributed by atoms with E-state index in [1.165, 1.54) is 83.5 Å². The molecule has 2 nitrogen and oxygen atoms in total. The van der Waals surface area contributed by atoms with Crippen molar-refractivity contribution in [1.29, 1.82) is 0 Å². The average Bonchev–Trinajstić information content (AvgIpc) is 2.83. The molecule has 0 unspecified atom stereocenters. The molecule has 2 aromatic carbocycles. The summed E-state index contributed by atoms with van der Waals surface area (Å²) in [5.74, 6) is 0.192. The van der Waals surface area contributed by atoms with Gasteiger partial charge in [-0.2, -0.15) is 0 Å². The maximum atomic E-state index is 13.0. The van der Waals surface area contributed by atoms with Gasteiger partial charge in [-0.1, -0.05) is 133 Å². The van der Waals surface area contributed by atoms with E-state index in [9.17, 15) is 4.79 Å². The van der Waals surface area contributed by atoms with Gasteiger partial charge in [-0.25, -0.2) is 0 Å². The van der Waals surface area contributed by atoms with Crippen molar-refractivity contribution >= 4 is 17.3 Å². The van der Waals surface area contributed by atoms with Gasteiger partial charge in [0.1, 0.15) is 0 Å². The molecule has 2 rings (SSSR count). The molecule has 2 aromatic rings. The minimum atomic E-state index is 0.192. The van der Waals surface area contributed by atoms with E-state index >= 15 is 0 Å². The molecule has 0 aliphatic carbocycles. The van der Waals surface area contributed by atoms with E-state index in [0.717, 1.165) is 24.2 Å². The number of benzene rings is 2. The number of anilines is 2. The zero-order valence-electron chi connectivity index (χ0n) is 20.4. The first-order valence-electron chi connectivity index (χ1n) is 13.3. The lowest BCUT2D eigenvalue weighted by molar-refractivity contribution is -0.118. The van der Waals surface area contributed by atoms with Gasteiger partial charge in [0.25, 0.3) is 0 Å². The Bertz CT molecular complexity index is 658. The van der Waals surface area contributed by atoms with Gasteiger partial charge in [0.05, 0.1) is 0 Å². The highest BCUT2D eigenvalue weighted by molar-refractivity contribution is 6.00. The predicted octanol–water partition coefficient (Wildman–Crippen LogP) is 9.61. The molecule has 0 bridgehead atoms. The minimum Gasteiger partial charge on any atom is -0.281 e. The van der Waals surface area contributed by atoms with Gasteiger partial charge in [-0.05, 0) is 30.7 Å². The highest BCUT2D eigenvalue weighted by atomic mass is 16.2. The summed E-state index contributed by atoms with van der Waals surface area (Å²) in [6.07, 6.45) is 20.8. The molecule has 0 heterocycles. The molecule has 0 fully saturated rings. The Morgan fingerprint density at radius 3 is 1.25 bits per heavy atom. The Balaban J connectivity index is 1.53. The molecule has 0 atom stereocenters. The lowest BCUT2D eigenvalue weighted by Crippen LogP contribution is -2.25. The van der Waals surface area contributed by atoms with Gasteiger partial charge in [0.15, 0.2) is 0 Å². The fraction of sp³-hybridized carbons (Fsp3) is 0.567. The second-order valence-electron chi connectivity index (χ2n) is 9.10. The molecule has 0 radical (unpaired) electrons. The van der Waals surface area contributed by atoms with Gasteiger partial charge < -0.3 is 0 Å². The molecule has 32 heavy (non-hydrogen) atoms. The lowest BCUT2D eigenvalue weighted by Gasteiger charge is -2.23. The summed E-state index contributed by atoms with van der Waals surface area (Å²) in [6.45, 7) is 2.28. The van der Waals surface area contributed by atoms with Gasteiger partial charge in [-0.3, -0.25) is 9.69 Å². The standard InChI is InChI=1S/C30H45NO/c1-2-3-4-5-6-7-8-9-10-11-12-13-14-15-22-27-30(32)31(28-23-18-16-19-24-28)29-25-20-17-21-26-29/h16-21,23-26H,2-15,22,27H2,1H3. The van der Waals surface area contributed by atoms with E-state index < -0.39 is 0 Å². The molecule has 0 saturated carbocycles. The molecular weight excluding hydrogens is 390 g/mol. The molecule has 0 aliphatic rings. The van der Waals surface area contributed by atoms with E-state index in [0.29, 0.717) is 6.42 Å². The second kappa shape index (κ2) is 17.5. The Hall–Kier alpha value is -2.09. The topological polar surface area (TPSA) is 20.3 Å². The van der Waals surface area contributed by atoms with Crippen LogP contribution in [0.1, 0.15) is 110 Å². The first kappa shape index (κ1) is 26.2. The van der Waals surface area contributed by atoms with E-state index in [-0.39, 0.29) is 5.91 Å². The molecular formula is C30H45NO. The zero-order chi connectivity index (χ0) is 22.7. The van der Waals surface area contributed by atoms with E-state index in [1.807, 2.05) is 65.6 Å². The number of unbranched alkanes of at least 4 members (excludes halogenated alkanes) is 14. The van der Waals surface area contributed by atoms with Crippen molar-refractivity contribution in [1.82, 2.24) is 0 Å². The highest BCUT2D eigenvalue weighted by Crippen LogP contribution is 2.26. The molecule has 1 amide bonds. The number of hydrogen-bond donors (Lipinski definition) is 0. The Labute approximate surface area is 197 Å². The first-order valence-corrected chi connectivity index (χ1v) is 13.3. The number of hydrogen-bond acceptors (Lipinski definition) is 1. The van der Waals surface area contributed by atoms with Crippen LogP contribution in [0.3, 0.4) is 0 Å². The molecule has 2 heteroatoms. The van der Waals surface area contributed by atoms with Crippen LogP contribution in [-0.2, 0) is 4.79 Å². The van der Waals surface area contributed by atoms with Crippen molar-refractivity contribution in [3.8, 4) is 0 Å². The normalized spacial score (nSPS) is 10.9. The number of rotatable bonds is 18. The summed E-state index contributed by atoms with van der Waals surface area (Å²) in [5.41, 5.74) is 1.90. The molecule has 0 spiro atoms. The molecule has 0 saturated heterocycles. The van der Waals surface area contributed by atoms with Crippen molar-refractivity contribution in [2.45, 2.75) is 110 Å². The Kier molecular flexibility index (Phi) is 14.3. The SMILES string of the molecule is CCCCCCCCCCCCCCCCCC(=O)N(c1ccccc1)c1ccccc1. The number of carbonyl (C=O) groups excluding carboxylic acids is 1. The summed E-state index contributed by atoms with van der Waals surface area (Å²) in [7, 11) is 0. The van der Waals surface area contributed by atoms with Crippen LogP contribution in [0.2, 0.25) is 0 Å². The lowest BCUT2D eigenvalue weighted by atomic mass is 10.0. The van der Waals surface area contributed by atoms with Crippen molar-refractivity contribution in [3.05, 3.63) is 60.7 Å². The molecule has 176 valence electrons. The van der Waals surface area contributed by atoms with Gasteiger partial charge >= 0.3 is 0 Å². The highest BCUT2D eigenvalue weighted by Gasteiger charge is 2.16. The van der Waals surface area contributed by atoms with Crippen LogP contribution in [0.25, 0.3) is 0 Å². The molecule has 0 aliphatic heterocycles. The van der Waals surface area contributed by atoms with Crippen molar-refractivity contribution < 1.29 is 4.79 Å². The number of para-hydroxylation sites is 2. The van der Waals surface area contributed by atoms with Crippen LogP contribution < -0.4 is 4.90 Å². The van der Waals surface area contributed by atoms with Crippen molar-refractivity contribution in [3.63, 3.8) is 0 Å². The van der Waals surface area contributed by atoms with Gasteiger partial charge in [0.2, 0.25) is 5.91 Å². The third-order valence-electron chi connectivity index (χ3n) is 6.27. The van der Waals surface area contributed by atoms with Crippen molar-refractivity contribution in [2.24, 2.45) is 0 Å². The molecule has 0 N–H and O–H groups in total. The first-order chi connectivity index (χ1) is 15.8. The second-order valence-corrected chi connectivity index (χ2v) is 9.10. The van der Waals surface area contributed by atoms with Crippen LogP contribution in [0, 0.1) is 0 Å². The van der Waals surface area contributed by atoms with Crippen molar-refractivity contribution in [2.75, 3.05) is 4.90 Å². The van der Waals surface area contributed by atoms with E-state index in [1.54, 1.807) is 0 Å². The van der Waals surface area contributed by atoms with Gasteiger partial charge in [-0.15, -0.1) is 0 Å². The predicted molar refractivity (Wildman–Crippen MR) is 140 cm³/mol. The Morgan fingerprint density at radius 2 is 0.875 bits per heavy atom. The summed E-state index contributed by atoms with van der Waals surface area (Å²) in [5, 5.41) is 0. The van der Waals surface area contributed by atoms with Crippen LogP contribution in [0.5, 0.6) is 0 Å². The van der Waals surface area contributed by atoms with Gasteiger partial charge in [0, 0.05) is 17.8 Å². The maximum Gasteiger partial charge on any atom is 0.231 e. The third-order valence-corrected chi connectivity index (χ3v) is 6.27. The van der Waals surface area contributed by atoms with Crippen LogP contribution >= 0.6 is 0 Å². The summed E-state index contributed by atoms with van der Waals surface area (Å²) < 4.78 is 0. The van der Waals surface area contributed by atoms with E-state index in [4.69, 9.17) is 0 Å². The zero-order valence-corrected chi connectivity index (χ0v) is 20.4. The Morgan fingerprint density at radius 1 is 0.531 bits per heavy atom. The minimum absolute atomic E-state index is 0.192. The number of amides is 1. The van der Waals surface area contributed by atoms with Crippen LogP contribution in [0.15, 0.2) is 60.7 Å². The summed E-state index contributed by atoms with van der Waals surface area (Å²) in [4.78, 5) is 14.9. The average molecular weight is 436 g/mol. The smallest absolute Gasteiger partial charge is 0.231 e. The molecule has 0 aromatic heterocycles. The maximum absolute atomic E-state index is 13.0. The third kappa shape index (κ3) is 11.0. The quantitative estimate of drug-likeness (QED) is 0.213. The fourth-order valence-corrected chi connectivity index (χ4v) is 4.35. The van der Waals surface area contributed by atoms with Crippen LogP contribution in [0.4, 0.5) is 11.4 Å². The van der Waals surface area contributed by atoms with Crippen LogP contribution in [-0.4, -0.2) is 5.91 Å². The largest absolute Gasteiger partial charge is 0.281 e. The summed E-state index contributed by atoms with van der Waals surface area (Å²) >= 11 is 0. The fourth-order valence-electron chi connectivity index (χ4n) is 4.35. The summed E-state index contributed by atoms with van der Waals surface area (Å²) in [6, 6.07) is 20.0. The number of nitrogens with zero attached hydrogens (tertiary/aromatic N) is 1. The monoisotopic (exact) mass is 435 g/mol. The number of carbonyl (C=O) groups is 1.